The van der Waals surface area contributed by atoms with Gasteiger partial charge < -0.3 is 19.5 Å². The van der Waals surface area contributed by atoms with Crippen molar-refractivity contribution in [2.45, 2.75) is 12.5 Å². The molecule has 1 N–H and O–H groups in total. The molecular weight excluding hydrogens is 350 g/mol. The van der Waals surface area contributed by atoms with E-state index in [0.29, 0.717) is 17.8 Å². The quantitative estimate of drug-likeness (QED) is 0.681. The molecule has 4 rings (SSSR count). The summed E-state index contributed by atoms with van der Waals surface area (Å²) in [4.78, 5) is 26.5. The van der Waals surface area contributed by atoms with Crippen LogP contribution in [0.4, 0.5) is 5.82 Å². The van der Waals surface area contributed by atoms with Gasteiger partial charge in [0.2, 0.25) is 0 Å². The lowest BCUT2D eigenvalue weighted by Gasteiger charge is -2.18. The van der Waals surface area contributed by atoms with E-state index >= 15 is 0 Å². The van der Waals surface area contributed by atoms with Crippen LogP contribution in [0.2, 0.25) is 0 Å². The fourth-order valence-corrected chi connectivity index (χ4v) is 3.19. The van der Waals surface area contributed by atoms with Gasteiger partial charge in [-0.05, 0) is 18.6 Å². The first-order valence-electron chi connectivity index (χ1n) is 8.52. The van der Waals surface area contributed by atoms with E-state index in [-0.39, 0.29) is 23.3 Å². The van der Waals surface area contributed by atoms with Crippen LogP contribution in [0.5, 0.6) is 5.75 Å². The number of nitrogens with zero attached hydrogens (tertiary/aromatic N) is 6. The van der Waals surface area contributed by atoms with Crippen molar-refractivity contribution in [1.82, 2.24) is 29.7 Å². The molecule has 0 spiro atoms. The molecule has 27 heavy (non-hydrogen) atoms. The molecule has 1 atom stereocenters. The molecule has 1 fully saturated rings. The summed E-state index contributed by atoms with van der Waals surface area (Å²) in [5.74, 6) is 0.806. The van der Waals surface area contributed by atoms with Crippen LogP contribution in [0.3, 0.4) is 0 Å². The summed E-state index contributed by atoms with van der Waals surface area (Å²) in [5.41, 5.74) is 0.789. The fourth-order valence-electron chi connectivity index (χ4n) is 3.19. The smallest absolute Gasteiger partial charge is 0.256 e. The summed E-state index contributed by atoms with van der Waals surface area (Å²) in [5, 5.41) is 15.3. The number of carbonyl (C=O) groups excluding carboxylic acids is 1. The molecule has 0 aliphatic carbocycles. The number of fused-ring (bicyclic) bond motifs is 1. The third-order valence-corrected chi connectivity index (χ3v) is 4.65. The Labute approximate surface area is 154 Å². The predicted octanol–water partition coefficient (Wildman–Crippen LogP) is -0.160. The van der Waals surface area contributed by atoms with Crippen molar-refractivity contribution in [2.75, 3.05) is 25.1 Å². The van der Waals surface area contributed by atoms with Crippen LogP contribution < -0.4 is 20.5 Å². The summed E-state index contributed by atoms with van der Waals surface area (Å²) in [7, 11) is 3.04. The Morgan fingerprint density at radius 2 is 2.22 bits per heavy atom. The van der Waals surface area contributed by atoms with Crippen LogP contribution in [0.1, 0.15) is 16.8 Å². The van der Waals surface area contributed by atoms with E-state index in [1.807, 2.05) is 12.1 Å². The van der Waals surface area contributed by atoms with Gasteiger partial charge in [-0.1, -0.05) is 0 Å². The minimum atomic E-state index is -0.267. The minimum absolute atomic E-state index is 0.0298. The standard InChI is InChI=1S/C17H19N7O3/c1-22-9-12(13(27-2)7-16(22)25)17(26)19-11-5-6-23(8-11)15-4-3-14-20-18-10-24(14)21-15/h3-4,7,9-11H,5-6,8H2,1-2H3,(H,19,26). The minimum Gasteiger partial charge on any atom is -0.496 e. The van der Waals surface area contributed by atoms with Crippen LogP contribution in [0, 0.1) is 0 Å². The average Bonchev–Trinajstić information content (AvgIpc) is 3.32. The highest BCUT2D eigenvalue weighted by molar-refractivity contribution is 5.96. The number of hydrogen-bond donors (Lipinski definition) is 1. The summed E-state index contributed by atoms with van der Waals surface area (Å²) in [6.07, 6.45) is 3.84. The van der Waals surface area contributed by atoms with E-state index < -0.39 is 0 Å². The zero-order valence-electron chi connectivity index (χ0n) is 15.0. The number of aromatic nitrogens is 5. The van der Waals surface area contributed by atoms with E-state index in [1.165, 1.54) is 23.9 Å². The number of rotatable bonds is 4. The molecule has 0 radical (unpaired) electrons. The molecule has 3 aromatic heterocycles. The normalized spacial score (nSPS) is 16.7. The first-order chi connectivity index (χ1) is 13.0. The van der Waals surface area contributed by atoms with Crippen LogP contribution in [-0.4, -0.2) is 56.5 Å². The summed E-state index contributed by atoms with van der Waals surface area (Å²) in [6.45, 7) is 1.41. The lowest BCUT2D eigenvalue weighted by Crippen LogP contribution is -2.38. The number of amides is 1. The lowest BCUT2D eigenvalue weighted by atomic mass is 10.2. The predicted molar refractivity (Wildman–Crippen MR) is 97.1 cm³/mol. The van der Waals surface area contributed by atoms with Gasteiger partial charge in [0.15, 0.2) is 5.65 Å². The van der Waals surface area contributed by atoms with Gasteiger partial charge in [0.25, 0.3) is 11.5 Å². The highest BCUT2D eigenvalue weighted by Crippen LogP contribution is 2.20. The topological polar surface area (TPSA) is 107 Å². The number of anilines is 1. The Morgan fingerprint density at radius 1 is 1.37 bits per heavy atom. The second-order valence-electron chi connectivity index (χ2n) is 6.43. The van der Waals surface area contributed by atoms with Crippen molar-refractivity contribution in [1.29, 1.82) is 0 Å². The Balaban J connectivity index is 1.47. The third kappa shape index (κ3) is 3.21. The number of nitrogens with one attached hydrogen (secondary N) is 1. The zero-order chi connectivity index (χ0) is 19.0. The first-order valence-corrected chi connectivity index (χ1v) is 8.52. The maximum atomic E-state index is 12.7. The zero-order valence-corrected chi connectivity index (χ0v) is 15.0. The summed E-state index contributed by atoms with van der Waals surface area (Å²) >= 11 is 0. The number of hydrogen-bond acceptors (Lipinski definition) is 7. The molecule has 1 aliphatic heterocycles. The average molecular weight is 369 g/mol. The van der Waals surface area contributed by atoms with Gasteiger partial charge in [0.1, 0.15) is 17.9 Å². The fraction of sp³-hybridized carbons (Fsp3) is 0.353. The molecule has 10 nitrogen and oxygen atoms in total. The molecule has 1 unspecified atom stereocenters. The maximum absolute atomic E-state index is 12.7. The summed E-state index contributed by atoms with van der Waals surface area (Å²) < 4.78 is 8.16. The monoisotopic (exact) mass is 369 g/mol. The molecular formula is C17H19N7O3. The van der Waals surface area contributed by atoms with Crippen LogP contribution in [-0.2, 0) is 7.05 Å². The van der Waals surface area contributed by atoms with Crippen LogP contribution in [0.15, 0.2) is 35.5 Å². The van der Waals surface area contributed by atoms with Crippen molar-refractivity contribution in [3.8, 4) is 5.75 Å². The van der Waals surface area contributed by atoms with Crippen LogP contribution >= 0.6 is 0 Å². The Bertz CT molecular complexity index is 1060. The Hall–Kier alpha value is -3.43. The molecule has 140 valence electrons. The molecule has 3 aromatic rings. The van der Waals surface area contributed by atoms with Crippen molar-refractivity contribution in [2.24, 2.45) is 7.05 Å². The molecule has 0 bridgehead atoms. The SMILES string of the molecule is COc1cc(=O)n(C)cc1C(=O)NC1CCN(c2ccc3nncn3n2)C1. The van der Waals surface area contributed by atoms with Crippen molar-refractivity contribution < 1.29 is 9.53 Å². The van der Waals surface area contributed by atoms with Gasteiger partial charge in [0.05, 0.1) is 12.7 Å². The molecule has 1 amide bonds. The molecule has 1 aliphatic rings. The van der Waals surface area contributed by atoms with E-state index in [1.54, 1.807) is 17.9 Å². The van der Waals surface area contributed by atoms with Gasteiger partial charge >= 0.3 is 0 Å². The number of pyridine rings is 1. The highest BCUT2D eigenvalue weighted by atomic mass is 16.5. The van der Waals surface area contributed by atoms with E-state index in [0.717, 1.165) is 18.8 Å². The van der Waals surface area contributed by atoms with Crippen molar-refractivity contribution in [3.63, 3.8) is 0 Å². The molecule has 1 saturated heterocycles. The number of ether oxygens (including phenoxy) is 1. The maximum Gasteiger partial charge on any atom is 0.256 e. The summed E-state index contributed by atoms with van der Waals surface area (Å²) in [6, 6.07) is 5.03. The lowest BCUT2D eigenvalue weighted by molar-refractivity contribution is 0.0936. The third-order valence-electron chi connectivity index (χ3n) is 4.65. The molecule has 10 heteroatoms. The van der Waals surface area contributed by atoms with E-state index in [2.05, 4.69) is 25.5 Å². The molecule has 0 aromatic carbocycles. The van der Waals surface area contributed by atoms with Crippen molar-refractivity contribution in [3.05, 3.63) is 46.6 Å². The highest BCUT2D eigenvalue weighted by Gasteiger charge is 2.26. The first kappa shape index (κ1) is 17.0. The second kappa shape index (κ2) is 6.71. The number of aryl methyl sites for hydroxylation is 1. The van der Waals surface area contributed by atoms with Gasteiger partial charge in [-0.3, -0.25) is 9.59 Å². The van der Waals surface area contributed by atoms with Gasteiger partial charge in [0, 0.05) is 38.4 Å². The van der Waals surface area contributed by atoms with Gasteiger partial charge in [-0.15, -0.1) is 15.3 Å². The number of methoxy groups -OCH3 is 1. The Morgan fingerprint density at radius 3 is 3.04 bits per heavy atom. The second-order valence-corrected chi connectivity index (χ2v) is 6.43. The van der Waals surface area contributed by atoms with E-state index in [4.69, 9.17) is 4.74 Å². The number of carbonyl (C=O) groups is 1. The Kier molecular flexibility index (Phi) is 4.22. The van der Waals surface area contributed by atoms with E-state index in [9.17, 15) is 9.59 Å². The van der Waals surface area contributed by atoms with Crippen LogP contribution in [0.25, 0.3) is 5.65 Å². The van der Waals surface area contributed by atoms with Crippen molar-refractivity contribution >= 4 is 17.4 Å². The molecule has 4 heterocycles. The molecule has 0 saturated carbocycles. The van der Waals surface area contributed by atoms with Gasteiger partial charge in [-0.25, -0.2) is 0 Å². The van der Waals surface area contributed by atoms with Gasteiger partial charge in [-0.2, -0.15) is 4.52 Å². The largest absolute Gasteiger partial charge is 0.496 e.